The molecule has 0 unspecified atom stereocenters. The van der Waals surface area contributed by atoms with Crippen LogP contribution in [0.4, 0.5) is 5.69 Å². The summed E-state index contributed by atoms with van der Waals surface area (Å²) in [6.07, 6.45) is 1.04. The van der Waals surface area contributed by atoms with E-state index in [1.807, 2.05) is 24.3 Å². The first-order valence-corrected chi connectivity index (χ1v) is 7.43. The Kier molecular flexibility index (Phi) is 4.71. The molecule has 0 radical (unpaired) electrons. The fraction of sp³-hybridized carbons (Fsp3) is 0.294. The molecule has 116 valence electrons. The van der Waals surface area contributed by atoms with Gasteiger partial charge in [-0.15, -0.1) is 0 Å². The Labute approximate surface area is 134 Å². The quantitative estimate of drug-likeness (QED) is 0.522. The van der Waals surface area contributed by atoms with Crippen LogP contribution < -0.4 is 4.74 Å². The number of rotatable bonds is 5. The van der Waals surface area contributed by atoms with Gasteiger partial charge in [0.2, 0.25) is 0 Å². The van der Waals surface area contributed by atoms with Crippen molar-refractivity contribution >= 4 is 17.3 Å². The smallest absolute Gasteiger partial charge is 0.271 e. The monoisotopic (exact) mass is 319 g/mol. The molecule has 0 atom stereocenters. The van der Waals surface area contributed by atoms with Gasteiger partial charge in [0.15, 0.2) is 0 Å². The van der Waals surface area contributed by atoms with Crippen molar-refractivity contribution in [2.24, 2.45) is 0 Å². The van der Waals surface area contributed by atoms with Crippen LogP contribution >= 0.6 is 11.6 Å². The maximum atomic E-state index is 10.7. The van der Waals surface area contributed by atoms with E-state index < -0.39 is 4.92 Å². The number of non-ortho nitro benzene ring substituents is 1. The summed E-state index contributed by atoms with van der Waals surface area (Å²) in [5.41, 5.74) is 1.29. The molecule has 0 bridgehead atoms. The van der Waals surface area contributed by atoms with Gasteiger partial charge in [-0.2, -0.15) is 0 Å². The maximum absolute atomic E-state index is 10.7. The van der Waals surface area contributed by atoms with Crippen LogP contribution in [0.3, 0.4) is 0 Å². The Morgan fingerprint density at radius 3 is 2.32 bits per heavy atom. The van der Waals surface area contributed by atoms with E-state index in [0.29, 0.717) is 11.5 Å². The van der Waals surface area contributed by atoms with Gasteiger partial charge in [0.25, 0.3) is 5.69 Å². The van der Waals surface area contributed by atoms with E-state index >= 15 is 0 Å². The van der Waals surface area contributed by atoms with Gasteiger partial charge in [-0.1, -0.05) is 44.5 Å². The molecule has 0 aliphatic rings. The summed E-state index contributed by atoms with van der Waals surface area (Å²) < 4.78 is 5.69. The van der Waals surface area contributed by atoms with Crippen molar-refractivity contribution in [2.75, 3.05) is 0 Å². The number of benzene rings is 2. The van der Waals surface area contributed by atoms with Crippen LogP contribution in [0.15, 0.2) is 42.5 Å². The van der Waals surface area contributed by atoms with E-state index in [2.05, 4.69) is 20.8 Å². The molecule has 22 heavy (non-hydrogen) atoms. The van der Waals surface area contributed by atoms with Crippen LogP contribution in [0, 0.1) is 10.1 Å². The highest BCUT2D eigenvalue weighted by Gasteiger charge is 2.18. The van der Waals surface area contributed by atoms with Crippen LogP contribution in [-0.2, 0) is 5.41 Å². The lowest BCUT2D eigenvalue weighted by atomic mass is 9.82. The van der Waals surface area contributed by atoms with Crippen LogP contribution in [0.25, 0.3) is 0 Å². The summed E-state index contributed by atoms with van der Waals surface area (Å²) in [7, 11) is 0. The van der Waals surface area contributed by atoms with Crippen LogP contribution in [0.2, 0.25) is 5.02 Å². The minimum Gasteiger partial charge on any atom is -0.456 e. The third-order valence-corrected chi connectivity index (χ3v) is 4.17. The molecule has 0 spiro atoms. The van der Waals surface area contributed by atoms with Gasteiger partial charge in [0, 0.05) is 12.1 Å². The fourth-order valence-corrected chi connectivity index (χ4v) is 2.20. The Bertz CT molecular complexity index is 681. The molecule has 0 saturated heterocycles. The molecule has 2 rings (SSSR count). The number of halogens is 1. The van der Waals surface area contributed by atoms with Crippen molar-refractivity contribution in [2.45, 2.75) is 32.6 Å². The third kappa shape index (κ3) is 3.57. The topological polar surface area (TPSA) is 52.4 Å². The maximum Gasteiger partial charge on any atom is 0.271 e. The SMILES string of the molecule is CCC(C)(C)c1ccc(Oc2ccc([N+](=O)[O-])cc2Cl)cc1. The third-order valence-electron chi connectivity index (χ3n) is 3.87. The average Bonchev–Trinajstić information content (AvgIpc) is 2.49. The van der Waals surface area contributed by atoms with Crippen molar-refractivity contribution in [3.63, 3.8) is 0 Å². The lowest BCUT2D eigenvalue weighted by Crippen LogP contribution is -2.14. The van der Waals surface area contributed by atoms with Gasteiger partial charge in [-0.05, 0) is 35.6 Å². The van der Waals surface area contributed by atoms with Crippen LogP contribution in [-0.4, -0.2) is 4.92 Å². The standard InChI is InChI=1S/C17H18ClNO3/c1-4-17(2,3)12-5-8-14(9-6-12)22-16-10-7-13(19(20)21)11-15(16)18/h5-11H,4H2,1-3H3. The number of hydrogen-bond donors (Lipinski definition) is 0. The van der Waals surface area contributed by atoms with Gasteiger partial charge >= 0.3 is 0 Å². The molecule has 0 saturated carbocycles. The highest BCUT2D eigenvalue weighted by atomic mass is 35.5. The first-order valence-electron chi connectivity index (χ1n) is 7.06. The molecule has 2 aromatic carbocycles. The zero-order valence-corrected chi connectivity index (χ0v) is 13.6. The van der Waals surface area contributed by atoms with Crippen molar-refractivity contribution in [3.8, 4) is 11.5 Å². The lowest BCUT2D eigenvalue weighted by molar-refractivity contribution is -0.384. The minimum atomic E-state index is -0.489. The second-order valence-corrected chi connectivity index (χ2v) is 6.14. The second kappa shape index (κ2) is 6.36. The summed E-state index contributed by atoms with van der Waals surface area (Å²) in [4.78, 5) is 10.2. The molecule has 0 amide bonds. The van der Waals surface area contributed by atoms with Gasteiger partial charge in [0.05, 0.1) is 9.95 Å². The Morgan fingerprint density at radius 1 is 1.18 bits per heavy atom. The first kappa shape index (κ1) is 16.3. The summed E-state index contributed by atoms with van der Waals surface area (Å²) in [6.45, 7) is 6.53. The van der Waals surface area contributed by atoms with Gasteiger partial charge < -0.3 is 4.74 Å². The Balaban J connectivity index is 2.19. The van der Waals surface area contributed by atoms with Crippen molar-refractivity contribution in [3.05, 3.63) is 63.2 Å². The number of nitro groups is 1. The Hall–Kier alpha value is -2.07. The summed E-state index contributed by atoms with van der Waals surface area (Å²) in [6, 6.07) is 12.0. The summed E-state index contributed by atoms with van der Waals surface area (Å²) in [5.74, 6) is 1.04. The summed E-state index contributed by atoms with van der Waals surface area (Å²) >= 11 is 6.02. The fourth-order valence-electron chi connectivity index (χ4n) is 1.99. The average molecular weight is 320 g/mol. The van der Waals surface area contributed by atoms with E-state index in [1.165, 1.54) is 23.8 Å². The number of ether oxygens (including phenoxy) is 1. The normalized spacial score (nSPS) is 11.3. The van der Waals surface area contributed by atoms with Gasteiger partial charge in [0.1, 0.15) is 11.5 Å². The molecule has 5 heteroatoms. The highest BCUT2D eigenvalue weighted by molar-refractivity contribution is 6.32. The van der Waals surface area contributed by atoms with Crippen LogP contribution in [0.1, 0.15) is 32.8 Å². The zero-order valence-electron chi connectivity index (χ0n) is 12.8. The number of nitro benzene ring substituents is 1. The second-order valence-electron chi connectivity index (χ2n) is 5.74. The van der Waals surface area contributed by atoms with Crippen LogP contribution in [0.5, 0.6) is 11.5 Å². The molecule has 0 fully saturated rings. The highest BCUT2D eigenvalue weighted by Crippen LogP contribution is 2.34. The van der Waals surface area contributed by atoms with E-state index in [9.17, 15) is 10.1 Å². The molecular formula is C17H18ClNO3. The molecule has 0 aromatic heterocycles. The van der Waals surface area contributed by atoms with Crippen molar-refractivity contribution in [1.82, 2.24) is 0 Å². The summed E-state index contributed by atoms with van der Waals surface area (Å²) in [5, 5.41) is 10.9. The van der Waals surface area contributed by atoms with Crippen molar-refractivity contribution < 1.29 is 9.66 Å². The molecule has 0 aliphatic carbocycles. The van der Waals surface area contributed by atoms with Crippen molar-refractivity contribution in [1.29, 1.82) is 0 Å². The predicted octanol–water partition coefficient (Wildman–Crippen LogP) is 5.73. The molecule has 4 nitrogen and oxygen atoms in total. The van der Waals surface area contributed by atoms with Gasteiger partial charge in [-0.25, -0.2) is 0 Å². The first-order chi connectivity index (χ1) is 10.3. The lowest BCUT2D eigenvalue weighted by Gasteiger charge is -2.23. The molecule has 0 aliphatic heterocycles. The van der Waals surface area contributed by atoms with E-state index in [-0.39, 0.29) is 16.1 Å². The molecular weight excluding hydrogens is 302 g/mol. The van der Waals surface area contributed by atoms with E-state index in [4.69, 9.17) is 16.3 Å². The molecule has 2 aromatic rings. The predicted molar refractivity (Wildman–Crippen MR) is 87.9 cm³/mol. The Morgan fingerprint density at radius 2 is 1.82 bits per heavy atom. The van der Waals surface area contributed by atoms with E-state index in [0.717, 1.165) is 6.42 Å². The largest absolute Gasteiger partial charge is 0.456 e. The molecule has 0 heterocycles. The van der Waals surface area contributed by atoms with E-state index in [1.54, 1.807) is 0 Å². The van der Waals surface area contributed by atoms with Gasteiger partial charge in [-0.3, -0.25) is 10.1 Å². The number of nitrogens with zero attached hydrogens (tertiary/aromatic N) is 1. The number of hydrogen-bond acceptors (Lipinski definition) is 3. The molecule has 0 N–H and O–H groups in total. The minimum absolute atomic E-state index is 0.0580. The zero-order chi connectivity index (χ0) is 16.3.